The molecule has 1 heterocycles. The highest BCUT2D eigenvalue weighted by molar-refractivity contribution is 5.77. The predicted molar refractivity (Wildman–Crippen MR) is 44.0 cm³/mol. The largest absolute Gasteiger partial charge is 0.298 e. The van der Waals surface area contributed by atoms with Gasteiger partial charge in [-0.05, 0) is 18.6 Å². The molecule has 0 aromatic carbocycles. The van der Waals surface area contributed by atoms with Gasteiger partial charge >= 0.3 is 0 Å². The van der Waals surface area contributed by atoms with Crippen LogP contribution < -0.4 is 0 Å². The number of rotatable bonds is 2. The average molecular weight is 196 g/mol. The van der Waals surface area contributed by atoms with E-state index in [0.29, 0.717) is 11.8 Å². The number of aryl methyl sites for hydroxylation is 1. The summed E-state index contributed by atoms with van der Waals surface area (Å²) in [5.41, 5.74) is -0.469. The molecule has 0 aliphatic carbocycles. The van der Waals surface area contributed by atoms with Gasteiger partial charge in [0, 0.05) is 5.56 Å². The van der Waals surface area contributed by atoms with Crippen molar-refractivity contribution in [1.29, 1.82) is 5.26 Å². The lowest BCUT2D eigenvalue weighted by Gasteiger charge is -2.04. The zero-order valence-electron chi connectivity index (χ0n) is 7.29. The van der Waals surface area contributed by atoms with E-state index >= 15 is 0 Å². The number of aromatic nitrogens is 1. The fraction of sp³-hybridized carbons (Fsp3) is 0.222. The molecule has 14 heavy (non-hydrogen) atoms. The second-order valence-electron chi connectivity index (χ2n) is 2.66. The second-order valence-corrected chi connectivity index (χ2v) is 2.66. The minimum atomic E-state index is -2.84. The van der Waals surface area contributed by atoms with Crippen molar-refractivity contribution in [2.24, 2.45) is 0 Å². The van der Waals surface area contributed by atoms with Crippen LogP contribution in [0.5, 0.6) is 0 Å². The van der Waals surface area contributed by atoms with Crippen molar-refractivity contribution >= 4 is 6.29 Å². The molecule has 1 aromatic heterocycles. The molecule has 0 bridgehead atoms. The normalized spacial score (nSPS) is 9.93. The number of pyridine rings is 1. The smallest absolute Gasteiger partial charge is 0.281 e. The van der Waals surface area contributed by atoms with Gasteiger partial charge in [-0.15, -0.1) is 0 Å². The number of hydrogen-bond donors (Lipinski definition) is 0. The van der Waals surface area contributed by atoms with E-state index in [1.165, 1.54) is 13.0 Å². The van der Waals surface area contributed by atoms with Crippen molar-refractivity contribution in [2.75, 3.05) is 0 Å². The summed E-state index contributed by atoms with van der Waals surface area (Å²) in [5, 5.41) is 8.54. The summed E-state index contributed by atoms with van der Waals surface area (Å²) in [4.78, 5) is 13.8. The highest BCUT2D eigenvalue weighted by Crippen LogP contribution is 2.21. The first kappa shape index (κ1) is 10.3. The maximum Gasteiger partial charge on any atom is 0.281 e. The van der Waals surface area contributed by atoms with Crippen LogP contribution in [0.25, 0.3) is 0 Å². The van der Waals surface area contributed by atoms with Gasteiger partial charge in [-0.25, -0.2) is 13.8 Å². The van der Waals surface area contributed by atoms with E-state index in [4.69, 9.17) is 5.26 Å². The molecule has 0 aliphatic rings. The van der Waals surface area contributed by atoms with Crippen LogP contribution in [-0.4, -0.2) is 11.3 Å². The predicted octanol–water partition coefficient (Wildman–Crippen LogP) is 2.01. The molecule has 0 saturated carbocycles. The molecule has 0 atom stereocenters. The summed E-state index contributed by atoms with van der Waals surface area (Å²) in [6, 6.07) is 2.92. The van der Waals surface area contributed by atoms with E-state index in [1.54, 1.807) is 6.07 Å². The Bertz CT molecular complexity index is 410. The Morgan fingerprint density at radius 2 is 2.29 bits per heavy atom. The molecule has 0 radical (unpaired) electrons. The quantitative estimate of drug-likeness (QED) is 0.680. The number of nitrogens with zero attached hydrogens (tertiary/aromatic N) is 2. The first-order valence-electron chi connectivity index (χ1n) is 3.75. The van der Waals surface area contributed by atoms with Gasteiger partial charge in [-0.3, -0.25) is 4.79 Å². The summed E-state index contributed by atoms with van der Waals surface area (Å²) in [6.07, 6.45) is -2.54. The lowest BCUT2D eigenvalue weighted by atomic mass is 10.1. The third-order valence-electron chi connectivity index (χ3n) is 1.71. The molecule has 5 heteroatoms. The Morgan fingerprint density at radius 1 is 1.64 bits per heavy atom. The molecule has 3 nitrogen and oxygen atoms in total. The summed E-state index contributed by atoms with van der Waals surface area (Å²) in [6.45, 7) is 1.54. The molecular formula is C9H6F2N2O. The highest BCUT2D eigenvalue weighted by Gasteiger charge is 2.16. The lowest BCUT2D eigenvalue weighted by Crippen LogP contribution is -2.01. The summed E-state index contributed by atoms with van der Waals surface area (Å²) in [5.74, 6) is 0. The molecule has 0 saturated heterocycles. The molecule has 0 spiro atoms. The molecule has 0 N–H and O–H groups in total. The SMILES string of the molecule is Cc1cc(C=O)c(C(F)F)nc1C#N. The Morgan fingerprint density at radius 3 is 2.71 bits per heavy atom. The maximum atomic E-state index is 12.3. The van der Waals surface area contributed by atoms with Gasteiger partial charge in [0.05, 0.1) is 0 Å². The Kier molecular flexibility index (Phi) is 2.87. The van der Waals surface area contributed by atoms with Crippen LogP contribution in [-0.2, 0) is 0 Å². The van der Waals surface area contributed by atoms with E-state index in [2.05, 4.69) is 4.98 Å². The molecule has 0 aliphatic heterocycles. The number of carbonyl (C=O) groups excluding carboxylic acids is 1. The number of carbonyl (C=O) groups is 1. The Balaban J connectivity index is 3.41. The van der Waals surface area contributed by atoms with Crippen molar-refractivity contribution in [3.8, 4) is 6.07 Å². The first-order valence-corrected chi connectivity index (χ1v) is 3.75. The first-order chi connectivity index (χ1) is 6.60. The van der Waals surface area contributed by atoms with Crippen LogP contribution in [0.4, 0.5) is 8.78 Å². The van der Waals surface area contributed by atoms with Crippen LogP contribution in [0.1, 0.15) is 33.7 Å². The average Bonchev–Trinajstić information content (AvgIpc) is 2.16. The topological polar surface area (TPSA) is 53.8 Å². The summed E-state index contributed by atoms with van der Waals surface area (Å²) >= 11 is 0. The zero-order valence-corrected chi connectivity index (χ0v) is 7.29. The number of alkyl halides is 2. The van der Waals surface area contributed by atoms with Crippen molar-refractivity contribution in [1.82, 2.24) is 4.98 Å². The molecule has 0 unspecified atom stereocenters. The van der Waals surface area contributed by atoms with E-state index in [0.717, 1.165) is 0 Å². The number of nitriles is 1. The Hall–Kier alpha value is -1.83. The lowest BCUT2D eigenvalue weighted by molar-refractivity contribution is 0.110. The summed E-state index contributed by atoms with van der Waals surface area (Å²) in [7, 11) is 0. The highest BCUT2D eigenvalue weighted by atomic mass is 19.3. The van der Waals surface area contributed by atoms with E-state index < -0.39 is 12.1 Å². The molecule has 1 aromatic rings. The van der Waals surface area contributed by atoms with Gasteiger partial charge in [-0.1, -0.05) is 0 Å². The maximum absolute atomic E-state index is 12.3. The van der Waals surface area contributed by atoms with E-state index in [9.17, 15) is 13.6 Å². The number of aldehydes is 1. The summed E-state index contributed by atoms with van der Waals surface area (Å²) < 4.78 is 24.7. The van der Waals surface area contributed by atoms with Crippen LogP contribution in [0.2, 0.25) is 0 Å². The number of halogens is 2. The Labute approximate surface area is 79.0 Å². The molecule has 0 amide bonds. The van der Waals surface area contributed by atoms with Crippen LogP contribution in [0, 0.1) is 18.3 Å². The molecule has 1 rings (SSSR count). The van der Waals surface area contributed by atoms with Crippen molar-refractivity contribution < 1.29 is 13.6 Å². The van der Waals surface area contributed by atoms with E-state index in [-0.39, 0.29) is 11.3 Å². The second kappa shape index (κ2) is 3.92. The molecule has 72 valence electrons. The monoisotopic (exact) mass is 196 g/mol. The minimum Gasteiger partial charge on any atom is -0.298 e. The minimum absolute atomic E-state index is 0.0779. The van der Waals surface area contributed by atoms with Crippen molar-refractivity contribution in [3.63, 3.8) is 0 Å². The van der Waals surface area contributed by atoms with Gasteiger partial charge in [-0.2, -0.15) is 5.26 Å². The van der Waals surface area contributed by atoms with Crippen molar-refractivity contribution in [2.45, 2.75) is 13.3 Å². The third kappa shape index (κ3) is 1.74. The van der Waals surface area contributed by atoms with Gasteiger partial charge in [0.2, 0.25) is 0 Å². The van der Waals surface area contributed by atoms with E-state index in [1.807, 2.05) is 0 Å². The van der Waals surface area contributed by atoms with Gasteiger partial charge < -0.3 is 0 Å². The molecule has 0 fully saturated rings. The van der Waals surface area contributed by atoms with Crippen LogP contribution >= 0.6 is 0 Å². The van der Waals surface area contributed by atoms with Gasteiger partial charge in [0.15, 0.2) is 6.29 Å². The number of hydrogen-bond acceptors (Lipinski definition) is 3. The zero-order chi connectivity index (χ0) is 10.7. The third-order valence-corrected chi connectivity index (χ3v) is 1.71. The van der Waals surface area contributed by atoms with Crippen molar-refractivity contribution in [3.05, 3.63) is 28.6 Å². The van der Waals surface area contributed by atoms with Crippen LogP contribution in [0.3, 0.4) is 0 Å². The van der Waals surface area contributed by atoms with Crippen LogP contribution in [0.15, 0.2) is 6.07 Å². The fourth-order valence-corrected chi connectivity index (χ4v) is 1.03. The fourth-order valence-electron chi connectivity index (χ4n) is 1.03. The van der Waals surface area contributed by atoms with Gasteiger partial charge in [0.25, 0.3) is 6.43 Å². The van der Waals surface area contributed by atoms with Gasteiger partial charge in [0.1, 0.15) is 17.5 Å². The standard InChI is InChI=1S/C9H6F2N2O/c1-5-2-6(4-14)8(9(10)11)13-7(5)3-12/h2,4,9H,1H3. The molecular weight excluding hydrogens is 190 g/mol.